The average Bonchev–Trinajstić information content (AvgIpc) is 3.05. The summed E-state index contributed by atoms with van der Waals surface area (Å²) in [4.78, 5) is 24.2. The maximum Gasteiger partial charge on any atom is 0.251 e. The third-order valence-electron chi connectivity index (χ3n) is 4.67. The van der Waals surface area contributed by atoms with Crippen LogP contribution < -0.4 is 10.6 Å². The van der Waals surface area contributed by atoms with E-state index in [1.54, 1.807) is 24.3 Å². The zero-order valence-corrected chi connectivity index (χ0v) is 16.5. The molecule has 0 atom stereocenters. The lowest BCUT2D eigenvalue weighted by Crippen LogP contribution is -2.35. The molecule has 0 saturated heterocycles. The van der Waals surface area contributed by atoms with E-state index in [0.717, 1.165) is 22.6 Å². The van der Waals surface area contributed by atoms with Crippen molar-refractivity contribution < 1.29 is 14.0 Å². The number of hydrogen-bond acceptors (Lipinski definition) is 2. The molecule has 3 aromatic rings. The van der Waals surface area contributed by atoms with Crippen LogP contribution in [0.5, 0.6) is 0 Å². The lowest BCUT2D eigenvalue weighted by molar-refractivity contribution is -0.120. The van der Waals surface area contributed by atoms with Crippen LogP contribution in [0.3, 0.4) is 0 Å². The molecule has 0 radical (unpaired) electrons. The predicted molar refractivity (Wildman–Crippen MR) is 111 cm³/mol. The Bertz CT molecular complexity index is 972. The fourth-order valence-electron chi connectivity index (χ4n) is 3.17. The molecule has 0 bridgehead atoms. The van der Waals surface area contributed by atoms with Crippen molar-refractivity contribution in [3.63, 3.8) is 0 Å². The van der Waals surface area contributed by atoms with Gasteiger partial charge >= 0.3 is 0 Å². The number of carbonyl (C=O) groups excluding carboxylic acids is 2. The van der Waals surface area contributed by atoms with Gasteiger partial charge in [0.05, 0.1) is 6.42 Å². The predicted octanol–water partition coefficient (Wildman–Crippen LogP) is 3.32. The molecule has 0 saturated carbocycles. The summed E-state index contributed by atoms with van der Waals surface area (Å²) in [5, 5.41) is 5.53. The number of benzene rings is 2. The van der Waals surface area contributed by atoms with Gasteiger partial charge in [0.15, 0.2) is 0 Å². The Hall–Kier alpha value is -3.41. The standard InChI is InChI=1S/C23H24FN3O2/c1-16-3-4-17(2)27(16)21-11-7-19(8-12-21)23(29)26-14-13-25-22(28)15-18-5-9-20(24)10-6-18/h3-12H,13-15H2,1-2H3,(H,25,28)(H,26,29). The second-order valence-corrected chi connectivity index (χ2v) is 6.91. The smallest absolute Gasteiger partial charge is 0.251 e. The van der Waals surface area contributed by atoms with Crippen LogP contribution in [-0.4, -0.2) is 29.5 Å². The van der Waals surface area contributed by atoms with Gasteiger partial charge in [-0.2, -0.15) is 0 Å². The van der Waals surface area contributed by atoms with Crippen LogP contribution in [0, 0.1) is 19.7 Å². The first-order valence-electron chi connectivity index (χ1n) is 9.49. The quantitative estimate of drug-likeness (QED) is 0.605. The number of nitrogens with zero attached hydrogens (tertiary/aromatic N) is 1. The zero-order chi connectivity index (χ0) is 20.8. The Morgan fingerprint density at radius 2 is 1.41 bits per heavy atom. The van der Waals surface area contributed by atoms with Crippen LogP contribution in [-0.2, 0) is 11.2 Å². The topological polar surface area (TPSA) is 63.1 Å². The molecule has 0 aliphatic rings. The average molecular weight is 393 g/mol. The van der Waals surface area contributed by atoms with Crippen molar-refractivity contribution in [2.24, 2.45) is 0 Å². The molecule has 2 amide bonds. The van der Waals surface area contributed by atoms with E-state index in [-0.39, 0.29) is 24.1 Å². The molecule has 0 fully saturated rings. The van der Waals surface area contributed by atoms with Gasteiger partial charge in [0, 0.05) is 35.7 Å². The van der Waals surface area contributed by atoms with Crippen molar-refractivity contribution in [1.82, 2.24) is 15.2 Å². The monoisotopic (exact) mass is 393 g/mol. The number of rotatable bonds is 7. The van der Waals surface area contributed by atoms with Gasteiger partial charge in [-0.15, -0.1) is 0 Å². The normalized spacial score (nSPS) is 10.6. The molecule has 0 spiro atoms. The van der Waals surface area contributed by atoms with Crippen LogP contribution in [0.1, 0.15) is 27.3 Å². The number of amides is 2. The molecule has 0 unspecified atom stereocenters. The molecule has 5 nitrogen and oxygen atoms in total. The lowest BCUT2D eigenvalue weighted by atomic mass is 10.1. The largest absolute Gasteiger partial charge is 0.354 e. The van der Waals surface area contributed by atoms with Crippen molar-refractivity contribution >= 4 is 11.8 Å². The number of nitrogens with one attached hydrogen (secondary N) is 2. The summed E-state index contributed by atoms with van der Waals surface area (Å²) >= 11 is 0. The van der Waals surface area contributed by atoms with Gasteiger partial charge in [0.1, 0.15) is 5.82 Å². The van der Waals surface area contributed by atoms with Crippen molar-refractivity contribution in [2.45, 2.75) is 20.3 Å². The van der Waals surface area contributed by atoms with Gasteiger partial charge in [-0.25, -0.2) is 4.39 Å². The number of carbonyl (C=O) groups is 2. The van der Waals surface area contributed by atoms with Gasteiger partial charge in [-0.3, -0.25) is 9.59 Å². The van der Waals surface area contributed by atoms with Gasteiger partial charge < -0.3 is 15.2 Å². The van der Waals surface area contributed by atoms with E-state index < -0.39 is 0 Å². The summed E-state index contributed by atoms with van der Waals surface area (Å²) in [6.07, 6.45) is 0.175. The summed E-state index contributed by atoms with van der Waals surface area (Å²) in [6.45, 7) is 4.73. The fraction of sp³-hybridized carbons (Fsp3) is 0.217. The third kappa shape index (κ3) is 5.31. The van der Waals surface area contributed by atoms with Crippen molar-refractivity contribution in [3.05, 3.63) is 89.0 Å². The Kier molecular flexibility index (Phi) is 6.44. The van der Waals surface area contributed by atoms with Crippen LogP contribution in [0.15, 0.2) is 60.7 Å². The van der Waals surface area contributed by atoms with E-state index in [1.807, 2.05) is 26.0 Å². The Labute approximate surface area is 169 Å². The first kappa shape index (κ1) is 20.3. The minimum absolute atomic E-state index is 0.173. The summed E-state index contributed by atoms with van der Waals surface area (Å²) in [7, 11) is 0. The molecule has 29 heavy (non-hydrogen) atoms. The molecule has 150 valence electrons. The van der Waals surface area contributed by atoms with Crippen LogP contribution in [0.25, 0.3) is 5.69 Å². The molecular formula is C23H24FN3O2. The summed E-state index contributed by atoms with van der Waals surface area (Å²) in [5.41, 5.74) is 4.58. The van der Waals surface area contributed by atoms with Crippen molar-refractivity contribution in [2.75, 3.05) is 13.1 Å². The maximum absolute atomic E-state index is 12.9. The minimum atomic E-state index is -0.330. The third-order valence-corrected chi connectivity index (χ3v) is 4.67. The van der Waals surface area contributed by atoms with E-state index in [9.17, 15) is 14.0 Å². The maximum atomic E-state index is 12.9. The molecule has 1 heterocycles. The molecule has 2 N–H and O–H groups in total. The number of aryl methyl sites for hydroxylation is 2. The highest BCUT2D eigenvalue weighted by molar-refractivity contribution is 5.94. The van der Waals surface area contributed by atoms with E-state index in [1.165, 1.54) is 12.1 Å². The van der Waals surface area contributed by atoms with Crippen LogP contribution >= 0.6 is 0 Å². The minimum Gasteiger partial charge on any atom is -0.354 e. The Balaban J connectivity index is 1.44. The first-order chi connectivity index (χ1) is 13.9. The van der Waals surface area contributed by atoms with Crippen molar-refractivity contribution in [1.29, 1.82) is 0 Å². The first-order valence-corrected chi connectivity index (χ1v) is 9.49. The molecule has 0 aliphatic carbocycles. The van der Waals surface area contributed by atoms with Gasteiger partial charge in [-0.1, -0.05) is 12.1 Å². The van der Waals surface area contributed by atoms with E-state index in [2.05, 4.69) is 27.3 Å². The van der Waals surface area contributed by atoms with Gasteiger partial charge in [0.2, 0.25) is 5.91 Å². The lowest BCUT2D eigenvalue weighted by Gasteiger charge is -2.11. The number of hydrogen-bond donors (Lipinski definition) is 2. The molecule has 2 aromatic carbocycles. The summed E-state index contributed by atoms with van der Waals surface area (Å²) in [6, 6.07) is 17.3. The highest BCUT2D eigenvalue weighted by Crippen LogP contribution is 2.16. The highest BCUT2D eigenvalue weighted by atomic mass is 19.1. The zero-order valence-electron chi connectivity index (χ0n) is 16.5. The Morgan fingerprint density at radius 1 is 0.828 bits per heavy atom. The van der Waals surface area contributed by atoms with E-state index in [0.29, 0.717) is 18.7 Å². The second kappa shape index (κ2) is 9.19. The summed E-state index contributed by atoms with van der Waals surface area (Å²) in [5.74, 6) is -0.693. The fourth-order valence-corrected chi connectivity index (χ4v) is 3.17. The molecule has 6 heteroatoms. The molecular weight excluding hydrogens is 369 g/mol. The second-order valence-electron chi connectivity index (χ2n) is 6.91. The van der Waals surface area contributed by atoms with E-state index >= 15 is 0 Å². The number of halogens is 1. The number of aromatic nitrogens is 1. The Morgan fingerprint density at radius 3 is 2.03 bits per heavy atom. The molecule has 3 rings (SSSR count). The SMILES string of the molecule is Cc1ccc(C)n1-c1ccc(C(=O)NCCNC(=O)Cc2ccc(F)cc2)cc1. The molecule has 1 aromatic heterocycles. The highest BCUT2D eigenvalue weighted by Gasteiger charge is 2.08. The van der Waals surface area contributed by atoms with Crippen LogP contribution in [0.2, 0.25) is 0 Å². The van der Waals surface area contributed by atoms with E-state index in [4.69, 9.17) is 0 Å². The van der Waals surface area contributed by atoms with Crippen molar-refractivity contribution in [3.8, 4) is 5.69 Å². The summed E-state index contributed by atoms with van der Waals surface area (Å²) < 4.78 is 15.0. The van der Waals surface area contributed by atoms with Crippen LogP contribution in [0.4, 0.5) is 4.39 Å². The van der Waals surface area contributed by atoms with Gasteiger partial charge in [0.25, 0.3) is 5.91 Å². The molecule has 0 aliphatic heterocycles. The van der Waals surface area contributed by atoms with Gasteiger partial charge in [-0.05, 0) is 67.9 Å².